The second-order valence-corrected chi connectivity index (χ2v) is 7.60. The lowest BCUT2D eigenvalue weighted by Crippen LogP contribution is -2.55. The molecular formula is C15H25. The van der Waals surface area contributed by atoms with Gasteiger partial charge >= 0.3 is 0 Å². The van der Waals surface area contributed by atoms with Crippen molar-refractivity contribution in [2.24, 2.45) is 28.6 Å². The Kier molecular flexibility index (Phi) is 1.91. The molecule has 0 aliphatic heterocycles. The average molecular weight is 205 g/mol. The lowest BCUT2D eigenvalue weighted by Gasteiger charge is -2.64. The van der Waals surface area contributed by atoms with Crippen LogP contribution < -0.4 is 0 Å². The molecule has 85 valence electrons. The SMILES string of the molecule is CC(C)(C)C1(C)[C]2CC3CC(C2)CC1C3. The van der Waals surface area contributed by atoms with E-state index in [2.05, 4.69) is 27.7 Å². The first-order valence-electron chi connectivity index (χ1n) is 6.76. The molecule has 0 spiro atoms. The molecule has 4 aliphatic rings. The third kappa shape index (κ3) is 1.20. The summed E-state index contributed by atoms with van der Waals surface area (Å²) in [4.78, 5) is 0. The van der Waals surface area contributed by atoms with Crippen LogP contribution in [0.5, 0.6) is 0 Å². The Bertz CT molecular complexity index is 240. The second-order valence-electron chi connectivity index (χ2n) is 7.60. The normalized spacial score (nSPS) is 50.0. The highest BCUT2D eigenvalue weighted by Gasteiger charge is 2.58. The minimum Gasteiger partial charge on any atom is -0.0596 e. The zero-order chi connectivity index (χ0) is 10.8. The van der Waals surface area contributed by atoms with E-state index >= 15 is 0 Å². The van der Waals surface area contributed by atoms with Crippen molar-refractivity contribution >= 4 is 0 Å². The molecule has 4 rings (SSSR count). The third-order valence-electron chi connectivity index (χ3n) is 6.08. The molecule has 0 aromatic carbocycles. The van der Waals surface area contributed by atoms with Crippen molar-refractivity contribution in [3.63, 3.8) is 0 Å². The molecule has 4 saturated carbocycles. The fourth-order valence-electron chi connectivity index (χ4n) is 5.01. The highest BCUT2D eigenvalue weighted by molar-refractivity contribution is 5.22. The van der Waals surface area contributed by atoms with Crippen molar-refractivity contribution in [2.45, 2.75) is 59.8 Å². The first-order chi connectivity index (χ1) is 6.91. The summed E-state index contributed by atoms with van der Waals surface area (Å²) in [5.41, 5.74) is 1.03. The van der Waals surface area contributed by atoms with Crippen LogP contribution in [0.2, 0.25) is 0 Å². The molecule has 1 radical (unpaired) electrons. The molecule has 0 heteroatoms. The maximum absolute atomic E-state index is 2.57. The summed E-state index contributed by atoms with van der Waals surface area (Å²) in [5, 5.41) is 0. The van der Waals surface area contributed by atoms with Crippen LogP contribution in [0.25, 0.3) is 0 Å². The minimum absolute atomic E-state index is 0.473. The summed E-state index contributed by atoms with van der Waals surface area (Å²) in [7, 11) is 0. The predicted octanol–water partition coefficient (Wildman–Crippen LogP) is 4.45. The van der Waals surface area contributed by atoms with Gasteiger partial charge in [0.25, 0.3) is 0 Å². The molecule has 0 N–H and O–H groups in total. The van der Waals surface area contributed by atoms with Crippen molar-refractivity contribution in [1.82, 2.24) is 0 Å². The Labute approximate surface area is 94.8 Å². The van der Waals surface area contributed by atoms with Gasteiger partial charge in [-0.15, -0.1) is 0 Å². The van der Waals surface area contributed by atoms with Crippen LogP contribution in [0.15, 0.2) is 0 Å². The van der Waals surface area contributed by atoms with Gasteiger partial charge in [-0.25, -0.2) is 0 Å². The van der Waals surface area contributed by atoms with E-state index in [1.807, 2.05) is 5.92 Å². The van der Waals surface area contributed by atoms with E-state index in [9.17, 15) is 0 Å². The Balaban J connectivity index is 1.98. The van der Waals surface area contributed by atoms with Crippen LogP contribution in [0.3, 0.4) is 0 Å². The van der Waals surface area contributed by atoms with Gasteiger partial charge in [0.05, 0.1) is 0 Å². The Morgan fingerprint density at radius 3 is 1.93 bits per heavy atom. The highest BCUT2D eigenvalue weighted by atomic mass is 14.6. The fourth-order valence-corrected chi connectivity index (χ4v) is 5.01. The van der Waals surface area contributed by atoms with Crippen molar-refractivity contribution in [3.8, 4) is 0 Å². The Hall–Kier alpha value is 0. The quantitative estimate of drug-likeness (QED) is 0.548. The summed E-state index contributed by atoms with van der Waals surface area (Å²) < 4.78 is 0. The van der Waals surface area contributed by atoms with Crippen LogP contribution in [0, 0.1) is 34.5 Å². The molecule has 0 heterocycles. The van der Waals surface area contributed by atoms with E-state index in [0.717, 1.165) is 17.8 Å². The first kappa shape index (κ1) is 10.2. The van der Waals surface area contributed by atoms with E-state index < -0.39 is 0 Å². The van der Waals surface area contributed by atoms with Crippen molar-refractivity contribution in [2.75, 3.05) is 0 Å². The molecule has 0 saturated heterocycles. The molecule has 4 fully saturated rings. The van der Waals surface area contributed by atoms with Crippen LogP contribution in [-0.4, -0.2) is 0 Å². The first-order valence-corrected chi connectivity index (χ1v) is 6.76. The van der Waals surface area contributed by atoms with E-state index in [1.165, 1.54) is 25.7 Å². The van der Waals surface area contributed by atoms with E-state index in [1.54, 1.807) is 6.42 Å². The molecule has 0 amide bonds. The zero-order valence-electron chi connectivity index (χ0n) is 10.8. The van der Waals surface area contributed by atoms with Gasteiger partial charge in [-0.2, -0.15) is 0 Å². The largest absolute Gasteiger partial charge is 0.0596 e. The summed E-state index contributed by atoms with van der Waals surface area (Å²) in [6, 6.07) is 0. The van der Waals surface area contributed by atoms with Crippen LogP contribution in [-0.2, 0) is 0 Å². The molecular weight excluding hydrogens is 180 g/mol. The van der Waals surface area contributed by atoms with E-state index in [0.29, 0.717) is 10.8 Å². The van der Waals surface area contributed by atoms with Gasteiger partial charge in [0.1, 0.15) is 0 Å². The molecule has 3 unspecified atom stereocenters. The minimum atomic E-state index is 0.473. The molecule has 3 atom stereocenters. The summed E-state index contributed by atoms with van der Waals surface area (Å²) in [6.45, 7) is 9.96. The van der Waals surface area contributed by atoms with Gasteiger partial charge in [-0.3, -0.25) is 0 Å². The summed E-state index contributed by atoms with van der Waals surface area (Å²) >= 11 is 0. The van der Waals surface area contributed by atoms with Crippen molar-refractivity contribution in [1.29, 1.82) is 0 Å². The lowest BCUT2D eigenvalue weighted by atomic mass is 9.40. The molecule has 0 nitrogen and oxygen atoms in total. The van der Waals surface area contributed by atoms with Gasteiger partial charge in [0.15, 0.2) is 0 Å². The standard InChI is InChI=1S/C15H25/c1-14(2,3)15(4)12-6-10-5-11(8-12)9-13(15)7-10/h10-12H,5-9H2,1-4H3. The van der Waals surface area contributed by atoms with Crippen LogP contribution in [0.4, 0.5) is 0 Å². The van der Waals surface area contributed by atoms with Gasteiger partial charge < -0.3 is 0 Å². The Morgan fingerprint density at radius 1 is 1.00 bits per heavy atom. The third-order valence-corrected chi connectivity index (χ3v) is 6.08. The van der Waals surface area contributed by atoms with Crippen LogP contribution >= 0.6 is 0 Å². The molecule has 0 aromatic heterocycles. The molecule has 0 aromatic rings. The zero-order valence-corrected chi connectivity index (χ0v) is 10.8. The molecule has 4 bridgehead atoms. The second kappa shape index (κ2) is 2.81. The number of hydrogen-bond donors (Lipinski definition) is 0. The van der Waals surface area contributed by atoms with Crippen molar-refractivity contribution in [3.05, 3.63) is 5.92 Å². The van der Waals surface area contributed by atoms with Crippen molar-refractivity contribution < 1.29 is 0 Å². The lowest BCUT2D eigenvalue weighted by molar-refractivity contribution is -0.0778. The van der Waals surface area contributed by atoms with Crippen LogP contribution in [0.1, 0.15) is 59.8 Å². The summed E-state index contributed by atoms with van der Waals surface area (Å²) in [6.07, 6.45) is 7.57. The van der Waals surface area contributed by atoms with Gasteiger partial charge in [-0.05, 0) is 66.6 Å². The fraction of sp³-hybridized carbons (Fsp3) is 0.933. The average Bonchev–Trinajstić information content (AvgIpc) is 2.10. The van der Waals surface area contributed by atoms with E-state index in [4.69, 9.17) is 0 Å². The van der Waals surface area contributed by atoms with Gasteiger partial charge in [0, 0.05) is 0 Å². The number of hydrogen-bond acceptors (Lipinski definition) is 0. The summed E-state index contributed by atoms with van der Waals surface area (Å²) in [5.74, 6) is 5.11. The molecule has 15 heavy (non-hydrogen) atoms. The maximum atomic E-state index is 2.57. The van der Waals surface area contributed by atoms with E-state index in [-0.39, 0.29) is 0 Å². The smallest absolute Gasteiger partial charge is 0.0168 e. The number of rotatable bonds is 0. The topological polar surface area (TPSA) is 0 Å². The highest BCUT2D eigenvalue weighted by Crippen LogP contribution is 2.68. The predicted molar refractivity (Wildman–Crippen MR) is 64.4 cm³/mol. The van der Waals surface area contributed by atoms with Gasteiger partial charge in [-0.1, -0.05) is 27.7 Å². The van der Waals surface area contributed by atoms with Gasteiger partial charge in [0.2, 0.25) is 0 Å². The Morgan fingerprint density at radius 2 is 1.53 bits per heavy atom. The monoisotopic (exact) mass is 205 g/mol. The maximum Gasteiger partial charge on any atom is -0.0168 e. The molecule has 4 aliphatic carbocycles.